The number of ketones is 1. The van der Waals surface area contributed by atoms with Crippen molar-refractivity contribution in [3.8, 4) is 6.07 Å². The molecule has 0 fully saturated rings. The fourth-order valence-corrected chi connectivity index (χ4v) is 3.01. The monoisotopic (exact) mass is 273 g/mol. The van der Waals surface area contributed by atoms with E-state index in [-0.39, 0.29) is 5.78 Å². The van der Waals surface area contributed by atoms with E-state index in [1.807, 2.05) is 42.5 Å². The third-order valence-electron chi connectivity index (χ3n) is 4.14. The summed E-state index contributed by atoms with van der Waals surface area (Å²) >= 11 is 0. The Bertz CT molecular complexity index is 671. The molecular weight excluding hydrogens is 258 g/mol. The first-order chi connectivity index (χ1) is 10.3. The number of rotatable bonds is 2. The third-order valence-corrected chi connectivity index (χ3v) is 4.14. The van der Waals surface area contributed by atoms with E-state index in [1.165, 1.54) is 0 Å². The van der Waals surface area contributed by atoms with Gasteiger partial charge in [0.1, 0.15) is 5.92 Å². The van der Waals surface area contributed by atoms with E-state index in [2.05, 4.69) is 30.3 Å². The highest BCUT2D eigenvalue weighted by molar-refractivity contribution is 5.95. The molecule has 2 aromatic rings. The number of nitriles is 1. The van der Waals surface area contributed by atoms with Gasteiger partial charge in [0, 0.05) is 5.41 Å². The van der Waals surface area contributed by atoms with Crippen molar-refractivity contribution in [3.63, 3.8) is 0 Å². The van der Waals surface area contributed by atoms with Crippen LogP contribution < -0.4 is 0 Å². The summed E-state index contributed by atoms with van der Waals surface area (Å²) < 4.78 is 0. The molecule has 1 unspecified atom stereocenters. The molecule has 3 rings (SSSR count). The Morgan fingerprint density at radius 3 is 1.95 bits per heavy atom. The molecule has 1 aliphatic rings. The van der Waals surface area contributed by atoms with E-state index >= 15 is 0 Å². The smallest absolute Gasteiger partial charge is 0.172 e. The van der Waals surface area contributed by atoms with Gasteiger partial charge in [0.2, 0.25) is 0 Å². The van der Waals surface area contributed by atoms with Crippen molar-refractivity contribution < 1.29 is 4.79 Å². The van der Waals surface area contributed by atoms with Crippen molar-refractivity contribution in [2.24, 2.45) is 5.92 Å². The van der Waals surface area contributed by atoms with Crippen LogP contribution in [0.4, 0.5) is 0 Å². The minimum absolute atomic E-state index is 0.0972. The Kier molecular flexibility index (Phi) is 3.41. The fourth-order valence-electron chi connectivity index (χ4n) is 3.01. The van der Waals surface area contributed by atoms with Gasteiger partial charge in [0.05, 0.1) is 6.07 Å². The zero-order valence-electron chi connectivity index (χ0n) is 11.6. The lowest BCUT2D eigenvalue weighted by molar-refractivity contribution is -0.117. The lowest BCUT2D eigenvalue weighted by atomic mass is 9.66. The number of allylic oxidation sites excluding steroid dienone is 2. The first-order valence-electron chi connectivity index (χ1n) is 7.00. The Morgan fingerprint density at radius 1 is 0.952 bits per heavy atom. The number of hydrogen-bond acceptors (Lipinski definition) is 2. The Hall–Kier alpha value is -2.66. The van der Waals surface area contributed by atoms with Crippen LogP contribution >= 0.6 is 0 Å². The van der Waals surface area contributed by atoms with Crippen molar-refractivity contribution in [1.29, 1.82) is 5.26 Å². The third kappa shape index (κ3) is 2.28. The largest absolute Gasteiger partial charge is 0.293 e. The van der Waals surface area contributed by atoms with Crippen molar-refractivity contribution in [2.45, 2.75) is 11.8 Å². The highest BCUT2D eigenvalue weighted by Gasteiger charge is 2.39. The van der Waals surface area contributed by atoms with Crippen LogP contribution in [0.2, 0.25) is 0 Å². The molecule has 0 heterocycles. The molecule has 0 saturated carbocycles. The van der Waals surface area contributed by atoms with Crippen LogP contribution in [0, 0.1) is 17.2 Å². The van der Waals surface area contributed by atoms with Crippen LogP contribution in [0.25, 0.3) is 0 Å². The number of carbonyl (C=O) groups excluding carboxylic acids is 1. The van der Waals surface area contributed by atoms with E-state index in [1.54, 1.807) is 6.08 Å². The summed E-state index contributed by atoms with van der Waals surface area (Å²) in [6, 6.07) is 22.3. The zero-order chi connectivity index (χ0) is 14.7. The van der Waals surface area contributed by atoms with Gasteiger partial charge in [-0.1, -0.05) is 66.7 Å². The summed E-state index contributed by atoms with van der Waals surface area (Å²) in [4.78, 5) is 11.9. The lowest BCUT2D eigenvalue weighted by Gasteiger charge is -2.35. The number of hydrogen-bond donors (Lipinski definition) is 0. The van der Waals surface area contributed by atoms with Crippen molar-refractivity contribution in [3.05, 3.63) is 83.9 Å². The Balaban J connectivity index is 2.20. The van der Waals surface area contributed by atoms with E-state index in [4.69, 9.17) is 0 Å². The molecule has 2 nitrogen and oxygen atoms in total. The summed E-state index contributed by atoms with van der Waals surface area (Å²) in [6.45, 7) is 0. The van der Waals surface area contributed by atoms with Gasteiger partial charge in [-0.2, -0.15) is 5.26 Å². The molecule has 0 aromatic heterocycles. The molecule has 0 aliphatic heterocycles. The van der Waals surface area contributed by atoms with Crippen LogP contribution in [0.3, 0.4) is 0 Å². The summed E-state index contributed by atoms with van der Waals surface area (Å²) in [6.07, 6.45) is 4.01. The SMILES string of the molecule is N#CC1CC(c2ccccc2)(c2ccccc2)C=CC1=O. The standard InChI is InChI=1S/C19H15NO/c20-14-15-13-19(12-11-18(15)21,16-7-3-1-4-8-16)17-9-5-2-6-10-17/h1-12,15H,13H2. The van der Waals surface area contributed by atoms with E-state index in [0.29, 0.717) is 6.42 Å². The quantitative estimate of drug-likeness (QED) is 0.838. The maximum atomic E-state index is 11.9. The molecule has 21 heavy (non-hydrogen) atoms. The number of nitrogens with zero attached hydrogens (tertiary/aromatic N) is 1. The minimum atomic E-state index is -0.588. The molecule has 1 atom stereocenters. The second-order valence-electron chi connectivity index (χ2n) is 5.32. The number of carbonyl (C=O) groups is 1. The molecule has 0 bridgehead atoms. The maximum absolute atomic E-state index is 11.9. The van der Waals surface area contributed by atoms with Gasteiger partial charge in [0.15, 0.2) is 5.78 Å². The van der Waals surface area contributed by atoms with Crippen LogP contribution in [0.5, 0.6) is 0 Å². The van der Waals surface area contributed by atoms with Crippen LogP contribution in [-0.2, 0) is 10.2 Å². The van der Waals surface area contributed by atoms with Gasteiger partial charge in [0.25, 0.3) is 0 Å². The molecule has 0 saturated heterocycles. The molecule has 0 spiro atoms. The van der Waals surface area contributed by atoms with Crippen LogP contribution in [-0.4, -0.2) is 5.78 Å². The Morgan fingerprint density at radius 2 is 1.48 bits per heavy atom. The van der Waals surface area contributed by atoms with Crippen molar-refractivity contribution in [1.82, 2.24) is 0 Å². The van der Waals surface area contributed by atoms with Gasteiger partial charge in [-0.15, -0.1) is 0 Å². The molecule has 0 radical (unpaired) electrons. The molecule has 2 heteroatoms. The van der Waals surface area contributed by atoms with Crippen molar-refractivity contribution in [2.75, 3.05) is 0 Å². The van der Waals surface area contributed by atoms with Crippen LogP contribution in [0.15, 0.2) is 72.8 Å². The predicted octanol–water partition coefficient (Wildman–Crippen LogP) is 3.64. The second-order valence-corrected chi connectivity index (χ2v) is 5.32. The van der Waals surface area contributed by atoms with E-state index in [0.717, 1.165) is 11.1 Å². The summed E-state index contributed by atoms with van der Waals surface area (Å²) in [5, 5.41) is 9.28. The summed E-state index contributed by atoms with van der Waals surface area (Å²) in [7, 11) is 0. The summed E-state index contributed by atoms with van der Waals surface area (Å²) in [5.74, 6) is -0.685. The van der Waals surface area contributed by atoms with Gasteiger partial charge in [-0.3, -0.25) is 4.79 Å². The topological polar surface area (TPSA) is 40.9 Å². The average molecular weight is 273 g/mol. The molecule has 102 valence electrons. The first kappa shape index (κ1) is 13.3. The van der Waals surface area contributed by atoms with Crippen molar-refractivity contribution >= 4 is 5.78 Å². The zero-order valence-corrected chi connectivity index (χ0v) is 11.6. The Labute approximate surface area is 124 Å². The average Bonchev–Trinajstić information content (AvgIpc) is 2.57. The molecule has 0 amide bonds. The van der Waals surface area contributed by atoms with E-state index < -0.39 is 11.3 Å². The summed E-state index contributed by atoms with van der Waals surface area (Å²) in [5.41, 5.74) is 1.82. The molecule has 2 aromatic carbocycles. The van der Waals surface area contributed by atoms with Gasteiger partial charge in [-0.05, 0) is 23.6 Å². The number of benzene rings is 2. The first-order valence-corrected chi connectivity index (χ1v) is 7.00. The minimum Gasteiger partial charge on any atom is -0.293 e. The fraction of sp³-hybridized carbons (Fsp3) is 0.158. The molecule has 1 aliphatic carbocycles. The van der Waals surface area contributed by atoms with Gasteiger partial charge >= 0.3 is 0 Å². The van der Waals surface area contributed by atoms with Gasteiger partial charge < -0.3 is 0 Å². The highest BCUT2D eigenvalue weighted by atomic mass is 16.1. The highest BCUT2D eigenvalue weighted by Crippen LogP contribution is 2.42. The van der Waals surface area contributed by atoms with Gasteiger partial charge in [-0.25, -0.2) is 0 Å². The van der Waals surface area contributed by atoms with Crippen LogP contribution in [0.1, 0.15) is 17.5 Å². The molecule has 0 N–H and O–H groups in total. The van der Waals surface area contributed by atoms with E-state index in [9.17, 15) is 10.1 Å². The second kappa shape index (κ2) is 5.38. The normalized spacial score (nSPS) is 20.0. The molecular formula is C19H15NO. The maximum Gasteiger partial charge on any atom is 0.172 e. The predicted molar refractivity (Wildman–Crippen MR) is 81.5 cm³/mol. The lowest BCUT2D eigenvalue weighted by Crippen LogP contribution is -2.34.